The van der Waals surface area contributed by atoms with Crippen LogP contribution in [-0.2, 0) is 6.42 Å². The lowest BCUT2D eigenvalue weighted by Gasteiger charge is -2.11. The number of thiazole rings is 1. The van der Waals surface area contributed by atoms with Crippen molar-refractivity contribution in [2.24, 2.45) is 0 Å². The van der Waals surface area contributed by atoms with Gasteiger partial charge in [0.15, 0.2) is 0 Å². The Labute approximate surface area is 158 Å². The van der Waals surface area contributed by atoms with Gasteiger partial charge in [-0.2, -0.15) is 0 Å². The van der Waals surface area contributed by atoms with Gasteiger partial charge < -0.3 is 5.32 Å². The Hall–Kier alpha value is -2.65. The summed E-state index contributed by atoms with van der Waals surface area (Å²) in [4.78, 5) is 4.90. The van der Waals surface area contributed by atoms with Gasteiger partial charge >= 0.3 is 0 Å². The molecule has 0 aliphatic heterocycles. The molecule has 26 heavy (non-hydrogen) atoms. The lowest BCUT2D eigenvalue weighted by Crippen LogP contribution is -1.98. The minimum absolute atomic E-state index is 0.876. The van der Waals surface area contributed by atoms with E-state index in [0.717, 1.165) is 17.1 Å². The van der Waals surface area contributed by atoms with Gasteiger partial charge in [-0.1, -0.05) is 42.5 Å². The Bertz CT molecular complexity index is 1080. The molecule has 4 aromatic rings. The molecule has 0 radical (unpaired) electrons. The smallest absolute Gasteiger partial charge is 0.123 e. The average molecular weight is 359 g/mol. The summed E-state index contributed by atoms with van der Waals surface area (Å²) in [6.45, 7) is 4.32. The number of aromatic nitrogens is 1. The van der Waals surface area contributed by atoms with Crippen LogP contribution in [0, 0.1) is 13.8 Å². The van der Waals surface area contributed by atoms with Gasteiger partial charge in [0.05, 0.1) is 5.69 Å². The summed E-state index contributed by atoms with van der Waals surface area (Å²) in [5, 5.41) is 9.06. The molecule has 1 heterocycles. The largest absolute Gasteiger partial charge is 0.388 e. The molecular weight excluding hydrogens is 336 g/mol. The predicted molar refractivity (Wildman–Crippen MR) is 113 cm³/mol. The van der Waals surface area contributed by atoms with Crippen LogP contribution in [0.3, 0.4) is 0 Å². The predicted octanol–water partition coefficient (Wildman–Crippen LogP) is 6.21. The Kier molecular flexibility index (Phi) is 4.48. The third-order valence-corrected chi connectivity index (χ3v) is 5.81. The van der Waals surface area contributed by atoms with E-state index in [1.54, 1.807) is 11.3 Å². The third kappa shape index (κ3) is 3.23. The molecule has 0 fully saturated rings. The van der Waals surface area contributed by atoms with Crippen molar-refractivity contribution in [2.45, 2.75) is 20.3 Å². The van der Waals surface area contributed by atoms with E-state index >= 15 is 0 Å². The number of rotatable bonds is 4. The summed E-state index contributed by atoms with van der Waals surface area (Å²) in [7, 11) is 1.97. The number of anilines is 1. The first-order valence-electron chi connectivity index (χ1n) is 8.85. The molecule has 0 amide bonds. The van der Waals surface area contributed by atoms with Crippen molar-refractivity contribution in [1.82, 2.24) is 4.98 Å². The maximum Gasteiger partial charge on any atom is 0.123 e. The molecule has 2 nitrogen and oxygen atoms in total. The zero-order valence-corrected chi connectivity index (χ0v) is 16.2. The Morgan fingerprint density at radius 3 is 2.54 bits per heavy atom. The molecule has 0 aliphatic carbocycles. The van der Waals surface area contributed by atoms with Crippen LogP contribution in [0.2, 0.25) is 0 Å². The highest BCUT2D eigenvalue weighted by atomic mass is 32.1. The summed E-state index contributed by atoms with van der Waals surface area (Å²) in [6.07, 6.45) is 0.876. The summed E-state index contributed by atoms with van der Waals surface area (Å²) in [6, 6.07) is 19.5. The number of hydrogen-bond acceptors (Lipinski definition) is 3. The number of hydrogen-bond donors (Lipinski definition) is 1. The minimum Gasteiger partial charge on any atom is -0.388 e. The van der Waals surface area contributed by atoms with E-state index in [1.807, 2.05) is 7.05 Å². The zero-order chi connectivity index (χ0) is 18.1. The molecule has 1 N–H and O–H groups in total. The quantitative estimate of drug-likeness (QED) is 0.469. The Balaban J connectivity index is 1.62. The molecule has 0 aliphatic rings. The van der Waals surface area contributed by atoms with Crippen LogP contribution in [-0.4, -0.2) is 12.0 Å². The molecule has 1 aromatic heterocycles. The SMILES string of the molecule is CNc1cc(C)c(Cc2csc(-c3ccc4ccccc4c3)n2)cc1C. The summed E-state index contributed by atoms with van der Waals surface area (Å²) >= 11 is 1.72. The van der Waals surface area contributed by atoms with Gasteiger partial charge in [-0.05, 0) is 53.4 Å². The van der Waals surface area contributed by atoms with Crippen molar-refractivity contribution in [1.29, 1.82) is 0 Å². The average Bonchev–Trinajstić information content (AvgIpc) is 3.12. The van der Waals surface area contributed by atoms with E-state index in [2.05, 4.69) is 79.1 Å². The topological polar surface area (TPSA) is 24.9 Å². The normalized spacial score (nSPS) is 11.0. The molecule has 4 rings (SSSR count). The Morgan fingerprint density at radius 1 is 0.923 bits per heavy atom. The molecule has 0 saturated carbocycles. The van der Waals surface area contributed by atoms with E-state index in [-0.39, 0.29) is 0 Å². The van der Waals surface area contributed by atoms with Crippen LogP contribution in [0.15, 0.2) is 60.0 Å². The van der Waals surface area contributed by atoms with Crippen molar-refractivity contribution in [3.8, 4) is 10.6 Å². The number of benzene rings is 3. The van der Waals surface area contributed by atoms with Crippen LogP contribution in [0.25, 0.3) is 21.3 Å². The molecule has 0 atom stereocenters. The number of aryl methyl sites for hydroxylation is 2. The van der Waals surface area contributed by atoms with Gasteiger partial charge in [-0.25, -0.2) is 4.98 Å². The van der Waals surface area contributed by atoms with E-state index in [4.69, 9.17) is 4.98 Å². The van der Waals surface area contributed by atoms with E-state index in [1.165, 1.54) is 38.7 Å². The standard InChI is InChI=1S/C23H22N2S/c1-15-11-22(24-3)16(2)10-20(15)13-21-14-26-23(25-21)19-9-8-17-6-4-5-7-18(17)12-19/h4-12,14,24H,13H2,1-3H3. The molecule has 130 valence electrons. The fourth-order valence-corrected chi connectivity index (χ4v) is 4.19. The molecule has 3 aromatic carbocycles. The number of nitrogens with zero attached hydrogens (tertiary/aromatic N) is 1. The summed E-state index contributed by atoms with van der Waals surface area (Å²) < 4.78 is 0. The molecule has 0 spiro atoms. The van der Waals surface area contributed by atoms with Gasteiger partial charge in [0.1, 0.15) is 5.01 Å². The summed E-state index contributed by atoms with van der Waals surface area (Å²) in [5.41, 5.74) is 7.45. The zero-order valence-electron chi connectivity index (χ0n) is 15.3. The minimum atomic E-state index is 0.876. The van der Waals surface area contributed by atoms with Gasteiger partial charge in [0, 0.05) is 30.1 Å². The lowest BCUT2D eigenvalue weighted by atomic mass is 10.00. The molecule has 0 saturated heterocycles. The van der Waals surface area contributed by atoms with Crippen LogP contribution < -0.4 is 5.32 Å². The van der Waals surface area contributed by atoms with Crippen LogP contribution in [0.5, 0.6) is 0 Å². The number of nitrogens with one attached hydrogen (secondary N) is 1. The Morgan fingerprint density at radius 2 is 1.73 bits per heavy atom. The van der Waals surface area contributed by atoms with Crippen molar-refractivity contribution >= 4 is 27.8 Å². The molecule has 0 bridgehead atoms. The van der Waals surface area contributed by atoms with E-state index in [9.17, 15) is 0 Å². The van der Waals surface area contributed by atoms with Gasteiger partial charge in [-0.3, -0.25) is 0 Å². The second-order valence-corrected chi connectivity index (χ2v) is 7.58. The molecule has 3 heteroatoms. The first kappa shape index (κ1) is 16.8. The molecule has 0 unspecified atom stereocenters. The maximum atomic E-state index is 4.90. The van der Waals surface area contributed by atoms with Gasteiger partial charge in [0.2, 0.25) is 0 Å². The first-order chi connectivity index (χ1) is 12.6. The van der Waals surface area contributed by atoms with E-state index in [0.29, 0.717) is 0 Å². The van der Waals surface area contributed by atoms with Crippen molar-refractivity contribution in [3.63, 3.8) is 0 Å². The molecular formula is C23H22N2S. The van der Waals surface area contributed by atoms with E-state index < -0.39 is 0 Å². The lowest BCUT2D eigenvalue weighted by molar-refractivity contribution is 1.08. The fraction of sp³-hybridized carbons (Fsp3) is 0.174. The highest BCUT2D eigenvalue weighted by molar-refractivity contribution is 7.13. The maximum absolute atomic E-state index is 4.90. The third-order valence-electron chi connectivity index (χ3n) is 4.87. The highest BCUT2D eigenvalue weighted by Gasteiger charge is 2.09. The fourth-order valence-electron chi connectivity index (χ4n) is 3.37. The second kappa shape index (κ2) is 6.93. The highest BCUT2D eigenvalue weighted by Crippen LogP contribution is 2.29. The number of fused-ring (bicyclic) bond motifs is 1. The second-order valence-electron chi connectivity index (χ2n) is 6.73. The van der Waals surface area contributed by atoms with Crippen molar-refractivity contribution in [2.75, 3.05) is 12.4 Å². The van der Waals surface area contributed by atoms with Crippen LogP contribution in [0.1, 0.15) is 22.4 Å². The summed E-state index contributed by atoms with van der Waals surface area (Å²) in [5.74, 6) is 0. The van der Waals surface area contributed by atoms with Crippen molar-refractivity contribution < 1.29 is 0 Å². The van der Waals surface area contributed by atoms with Crippen LogP contribution >= 0.6 is 11.3 Å². The van der Waals surface area contributed by atoms with Crippen molar-refractivity contribution in [3.05, 3.63) is 82.4 Å². The monoisotopic (exact) mass is 358 g/mol. The van der Waals surface area contributed by atoms with Gasteiger partial charge in [0.25, 0.3) is 0 Å². The van der Waals surface area contributed by atoms with Crippen LogP contribution in [0.4, 0.5) is 5.69 Å². The first-order valence-corrected chi connectivity index (χ1v) is 9.73. The van der Waals surface area contributed by atoms with Gasteiger partial charge in [-0.15, -0.1) is 11.3 Å².